The smallest absolute Gasteiger partial charge is 0.240 e. The second kappa shape index (κ2) is 10.4. The van der Waals surface area contributed by atoms with Crippen LogP contribution in [0.1, 0.15) is 52.1 Å². The van der Waals surface area contributed by atoms with Crippen molar-refractivity contribution in [2.24, 2.45) is 11.3 Å². The highest BCUT2D eigenvalue weighted by Gasteiger charge is 2.42. The van der Waals surface area contributed by atoms with Crippen LogP contribution in [0.15, 0.2) is 48.7 Å². The molecule has 1 aromatic carbocycles. The summed E-state index contributed by atoms with van der Waals surface area (Å²) in [6.45, 7) is 6.22. The van der Waals surface area contributed by atoms with Crippen molar-refractivity contribution in [2.75, 3.05) is 5.32 Å². The summed E-state index contributed by atoms with van der Waals surface area (Å²) < 4.78 is 22.1. The van der Waals surface area contributed by atoms with Crippen molar-refractivity contribution >= 4 is 29.1 Å². The summed E-state index contributed by atoms with van der Waals surface area (Å²) in [7, 11) is 0. The summed E-state index contributed by atoms with van der Waals surface area (Å²) in [4.78, 5) is 17.7. The minimum Gasteiger partial charge on any atom is -0.487 e. The number of carbonyl (C=O) groups is 1. The van der Waals surface area contributed by atoms with Gasteiger partial charge in [-0.1, -0.05) is 23.7 Å². The van der Waals surface area contributed by atoms with Gasteiger partial charge in [-0.15, -0.1) is 0 Å². The van der Waals surface area contributed by atoms with Crippen LogP contribution in [0.2, 0.25) is 5.02 Å². The fourth-order valence-electron chi connectivity index (χ4n) is 4.71. The molecular formula is C26H32ClFN6O2. The van der Waals surface area contributed by atoms with Crippen LogP contribution in [0.3, 0.4) is 0 Å². The summed E-state index contributed by atoms with van der Waals surface area (Å²) in [6.07, 6.45) is 4.13. The summed E-state index contributed by atoms with van der Waals surface area (Å²) in [5.74, 6) is 6.38. The molecule has 1 aliphatic rings. The van der Waals surface area contributed by atoms with Crippen LogP contribution < -0.4 is 21.3 Å². The number of halogens is 2. The minimum atomic E-state index is -0.736. The van der Waals surface area contributed by atoms with Gasteiger partial charge < -0.3 is 10.1 Å². The molecule has 36 heavy (non-hydrogen) atoms. The first-order chi connectivity index (χ1) is 17.1. The molecule has 2 heterocycles. The number of hydrazine groups is 1. The normalized spacial score (nSPS) is 20.1. The van der Waals surface area contributed by atoms with Gasteiger partial charge >= 0.3 is 0 Å². The van der Waals surface area contributed by atoms with Crippen LogP contribution in [-0.2, 0) is 16.8 Å². The number of nitrogens with zero attached hydrogens (tertiary/aromatic N) is 3. The van der Waals surface area contributed by atoms with Crippen molar-refractivity contribution in [1.82, 2.24) is 20.2 Å². The third-order valence-electron chi connectivity index (χ3n) is 6.57. The number of aromatic nitrogens is 3. The molecule has 10 heteroatoms. The average Bonchev–Trinajstić information content (AvgIpc) is 3.32. The lowest BCUT2D eigenvalue weighted by Crippen LogP contribution is -2.48. The molecule has 0 atom stereocenters. The Labute approximate surface area is 215 Å². The Morgan fingerprint density at radius 2 is 1.94 bits per heavy atom. The van der Waals surface area contributed by atoms with Gasteiger partial charge in [0.25, 0.3) is 0 Å². The molecule has 2 aromatic heterocycles. The van der Waals surface area contributed by atoms with Crippen molar-refractivity contribution in [3.05, 3.63) is 65.2 Å². The Morgan fingerprint density at radius 1 is 1.22 bits per heavy atom. The fourth-order valence-corrected chi connectivity index (χ4v) is 4.88. The molecule has 0 radical (unpaired) electrons. The van der Waals surface area contributed by atoms with Gasteiger partial charge in [-0.3, -0.25) is 10.2 Å². The van der Waals surface area contributed by atoms with E-state index in [9.17, 15) is 9.18 Å². The van der Waals surface area contributed by atoms with Crippen LogP contribution in [0.25, 0.3) is 0 Å². The van der Waals surface area contributed by atoms with E-state index in [1.54, 1.807) is 18.3 Å². The number of carbonyl (C=O) groups excluding carboxylic acids is 1. The lowest BCUT2D eigenvalue weighted by Gasteiger charge is -2.38. The molecule has 3 aromatic rings. The third-order valence-corrected chi connectivity index (χ3v) is 6.86. The second-order valence-electron chi connectivity index (χ2n) is 10.2. The number of benzene rings is 1. The number of hydrogen-bond acceptors (Lipinski definition) is 6. The summed E-state index contributed by atoms with van der Waals surface area (Å²) in [5, 5.41) is 7.76. The standard InChI is InChI=1S/C26H32ClFN6O2/c1-25(2,3)34-22(12-15-30-34)32-21-9-4-6-17(31-21)16-26(24(35)33-29)13-10-18(11-14-26)36-20-8-5-7-19(27)23(20)28/h4-9,12,15,18H,10-11,13-14,16,29H2,1-3H3,(H,31,32)(H,33,35). The lowest BCUT2D eigenvalue weighted by atomic mass is 9.69. The van der Waals surface area contributed by atoms with E-state index >= 15 is 0 Å². The largest absolute Gasteiger partial charge is 0.487 e. The summed E-state index contributed by atoms with van der Waals surface area (Å²) >= 11 is 5.88. The molecule has 1 aliphatic carbocycles. The molecule has 4 N–H and O–H groups in total. The monoisotopic (exact) mass is 514 g/mol. The molecule has 0 aliphatic heterocycles. The van der Waals surface area contributed by atoms with E-state index in [1.165, 1.54) is 6.07 Å². The highest BCUT2D eigenvalue weighted by atomic mass is 35.5. The molecule has 4 rings (SSSR count). The zero-order valence-electron chi connectivity index (χ0n) is 20.7. The van der Waals surface area contributed by atoms with E-state index in [0.717, 1.165) is 11.5 Å². The molecule has 0 spiro atoms. The minimum absolute atomic E-state index is 0.0188. The van der Waals surface area contributed by atoms with E-state index < -0.39 is 11.2 Å². The van der Waals surface area contributed by atoms with Crippen LogP contribution >= 0.6 is 11.6 Å². The quantitative estimate of drug-likeness (QED) is 0.230. The Morgan fingerprint density at radius 3 is 2.64 bits per heavy atom. The molecular weight excluding hydrogens is 483 g/mol. The molecule has 0 bridgehead atoms. The van der Waals surface area contributed by atoms with Gasteiger partial charge in [-0.05, 0) is 70.7 Å². The number of anilines is 2. The van der Waals surface area contributed by atoms with Crippen molar-refractivity contribution < 1.29 is 13.9 Å². The van der Waals surface area contributed by atoms with E-state index in [2.05, 4.69) is 36.6 Å². The number of rotatable bonds is 7. The zero-order chi connectivity index (χ0) is 25.9. The molecule has 0 unspecified atom stereocenters. The SMILES string of the molecule is CC(C)(C)n1nccc1Nc1cccc(CC2(C(=O)NN)CCC(Oc3cccc(Cl)c3F)CC2)n1. The molecule has 1 fully saturated rings. The average molecular weight is 515 g/mol. The first-order valence-electron chi connectivity index (χ1n) is 12.0. The van der Waals surface area contributed by atoms with Crippen LogP contribution in [0.5, 0.6) is 5.75 Å². The maximum absolute atomic E-state index is 14.3. The van der Waals surface area contributed by atoms with Crippen molar-refractivity contribution in [2.45, 2.75) is 64.5 Å². The molecule has 0 saturated heterocycles. The van der Waals surface area contributed by atoms with Crippen LogP contribution in [0, 0.1) is 11.2 Å². The Bertz CT molecular complexity index is 1220. The molecule has 192 valence electrons. The van der Waals surface area contributed by atoms with Gasteiger partial charge in [0.05, 0.1) is 28.3 Å². The second-order valence-corrected chi connectivity index (χ2v) is 10.6. The predicted octanol–water partition coefficient (Wildman–Crippen LogP) is 5.11. The van der Waals surface area contributed by atoms with Gasteiger partial charge in [0, 0.05) is 18.2 Å². The highest BCUT2D eigenvalue weighted by Crippen LogP contribution is 2.41. The van der Waals surface area contributed by atoms with Crippen LogP contribution in [0.4, 0.5) is 16.0 Å². The fraction of sp³-hybridized carbons (Fsp3) is 0.423. The first-order valence-corrected chi connectivity index (χ1v) is 12.4. The number of ether oxygens (including phenoxy) is 1. The number of nitrogens with two attached hydrogens (primary N) is 1. The van der Waals surface area contributed by atoms with Crippen LogP contribution in [-0.4, -0.2) is 26.8 Å². The lowest BCUT2D eigenvalue weighted by molar-refractivity contribution is -0.134. The maximum atomic E-state index is 14.3. The summed E-state index contributed by atoms with van der Waals surface area (Å²) in [5.41, 5.74) is 2.18. The molecule has 1 saturated carbocycles. The highest BCUT2D eigenvalue weighted by molar-refractivity contribution is 6.30. The Balaban J connectivity index is 1.48. The van der Waals surface area contributed by atoms with Crippen molar-refractivity contribution in [1.29, 1.82) is 0 Å². The van der Waals surface area contributed by atoms with Crippen molar-refractivity contribution in [3.8, 4) is 5.75 Å². The van der Waals surface area contributed by atoms with E-state index in [1.807, 2.05) is 28.9 Å². The Kier molecular flexibility index (Phi) is 7.51. The van der Waals surface area contributed by atoms with Gasteiger partial charge in [-0.25, -0.2) is 19.9 Å². The molecule has 1 amide bonds. The van der Waals surface area contributed by atoms with E-state index in [-0.39, 0.29) is 28.3 Å². The third kappa shape index (κ3) is 5.63. The number of hydrogen-bond donors (Lipinski definition) is 3. The van der Waals surface area contributed by atoms with E-state index in [4.69, 9.17) is 27.2 Å². The number of pyridine rings is 1. The van der Waals surface area contributed by atoms with Gasteiger partial charge in [0.15, 0.2) is 11.6 Å². The Hall–Kier alpha value is -3.17. The first kappa shape index (κ1) is 25.9. The van der Waals surface area contributed by atoms with Gasteiger partial charge in [-0.2, -0.15) is 5.10 Å². The zero-order valence-corrected chi connectivity index (χ0v) is 21.5. The van der Waals surface area contributed by atoms with Gasteiger partial charge in [0.2, 0.25) is 5.91 Å². The summed E-state index contributed by atoms with van der Waals surface area (Å²) in [6, 6.07) is 12.3. The number of amides is 1. The topological polar surface area (TPSA) is 107 Å². The van der Waals surface area contributed by atoms with Gasteiger partial charge in [0.1, 0.15) is 11.6 Å². The van der Waals surface area contributed by atoms with Crippen molar-refractivity contribution in [3.63, 3.8) is 0 Å². The molecule has 8 nitrogen and oxygen atoms in total. The van der Waals surface area contributed by atoms with E-state index in [0.29, 0.717) is 37.9 Å². The number of nitrogens with one attached hydrogen (secondary N) is 2. The maximum Gasteiger partial charge on any atom is 0.240 e. The predicted molar refractivity (Wildman–Crippen MR) is 138 cm³/mol.